The zero-order valence-corrected chi connectivity index (χ0v) is 21.7. The maximum Gasteiger partial charge on any atom is 0.0179 e. The average Bonchev–Trinajstić information content (AvgIpc) is 2.84. The Bertz CT molecular complexity index is 1340. The third kappa shape index (κ3) is 4.69. The van der Waals surface area contributed by atoms with Crippen LogP contribution in [0.15, 0.2) is 114 Å². The van der Waals surface area contributed by atoms with E-state index in [1.54, 1.807) is 8.93 Å². The molecule has 0 radical (unpaired) electrons. The molecule has 31 heavy (non-hydrogen) atoms. The zero-order chi connectivity index (χ0) is 21.2. The van der Waals surface area contributed by atoms with Gasteiger partial charge in [-0.3, -0.25) is 0 Å². The van der Waals surface area contributed by atoms with Gasteiger partial charge >= 0.3 is 0 Å². The summed E-state index contributed by atoms with van der Waals surface area (Å²) in [6.07, 6.45) is 0. The second kappa shape index (κ2) is 9.35. The van der Waals surface area contributed by atoms with Crippen molar-refractivity contribution in [3.8, 4) is 33.4 Å². The van der Waals surface area contributed by atoms with Crippen LogP contribution < -0.4 is 0 Å². The van der Waals surface area contributed by atoms with E-state index in [1.165, 1.54) is 52.6 Å². The predicted molar refractivity (Wildman–Crippen MR) is 153 cm³/mol. The standard InChI is InChI=1S/C28H18I2S/c29-27-13-9-20(10-14-27)19-1-3-21(4-2-19)23-5-7-26-18-24(6-8-25(26)17-23)22-11-15-28(31-30)16-12-22/h1-18H. The van der Waals surface area contributed by atoms with Gasteiger partial charge in [0.05, 0.1) is 0 Å². The van der Waals surface area contributed by atoms with Crippen LogP contribution in [0.25, 0.3) is 44.2 Å². The average molecular weight is 640 g/mol. The molecule has 5 aromatic rings. The molecule has 0 nitrogen and oxygen atoms in total. The Kier molecular flexibility index (Phi) is 6.34. The van der Waals surface area contributed by atoms with Crippen molar-refractivity contribution in [2.75, 3.05) is 0 Å². The molecule has 0 saturated carbocycles. The van der Waals surface area contributed by atoms with Gasteiger partial charge in [-0.25, -0.2) is 0 Å². The van der Waals surface area contributed by atoms with E-state index in [0.717, 1.165) is 0 Å². The minimum atomic E-state index is 1.24. The topological polar surface area (TPSA) is 0 Å². The summed E-state index contributed by atoms with van der Waals surface area (Å²) in [7, 11) is 1.74. The molecule has 0 aliphatic carbocycles. The molecule has 5 aromatic carbocycles. The summed E-state index contributed by atoms with van der Waals surface area (Å²) in [6.45, 7) is 0. The van der Waals surface area contributed by atoms with Crippen LogP contribution in [0.3, 0.4) is 0 Å². The van der Waals surface area contributed by atoms with Crippen LogP contribution in [-0.4, -0.2) is 0 Å². The lowest BCUT2D eigenvalue weighted by Gasteiger charge is -2.09. The molecule has 0 fully saturated rings. The van der Waals surface area contributed by atoms with Crippen LogP contribution >= 0.6 is 52.7 Å². The third-order valence-electron chi connectivity index (χ3n) is 5.51. The molecule has 0 heterocycles. The minimum Gasteiger partial charge on any atom is -0.0538 e. The van der Waals surface area contributed by atoms with E-state index in [2.05, 4.69) is 153 Å². The van der Waals surface area contributed by atoms with Gasteiger partial charge in [-0.15, -0.1) is 0 Å². The SMILES string of the molecule is ISc1ccc(-c2ccc3cc(-c4ccc(-c5ccc(I)cc5)cc4)ccc3c2)cc1. The first-order valence-corrected chi connectivity index (χ1v) is 14.4. The molecular formula is C28H18I2S. The number of hydrogen-bond acceptors (Lipinski definition) is 1. The molecule has 0 N–H and O–H groups in total. The van der Waals surface area contributed by atoms with E-state index in [4.69, 9.17) is 0 Å². The fraction of sp³-hybridized carbons (Fsp3) is 0. The lowest BCUT2D eigenvalue weighted by Crippen LogP contribution is -1.83. The van der Waals surface area contributed by atoms with Crippen molar-refractivity contribution in [1.82, 2.24) is 0 Å². The Balaban J connectivity index is 1.43. The molecule has 0 aromatic heterocycles. The van der Waals surface area contributed by atoms with Crippen molar-refractivity contribution in [3.05, 3.63) is 113 Å². The second-order valence-electron chi connectivity index (χ2n) is 7.46. The van der Waals surface area contributed by atoms with Crippen LogP contribution in [0.2, 0.25) is 0 Å². The zero-order valence-electron chi connectivity index (χ0n) is 16.6. The molecule has 5 rings (SSSR count). The van der Waals surface area contributed by atoms with Crippen molar-refractivity contribution in [2.24, 2.45) is 0 Å². The molecule has 0 amide bonds. The number of hydrogen-bond donors (Lipinski definition) is 0. The molecular weight excluding hydrogens is 622 g/mol. The van der Waals surface area contributed by atoms with Gasteiger partial charge in [0.15, 0.2) is 0 Å². The van der Waals surface area contributed by atoms with E-state index in [-0.39, 0.29) is 0 Å². The van der Waals surface area contributed by atoms with Gasteiger partial charge in [-0.2, -0.15) is 0 Å². The molecule has 0 bridgehead atoms. The van der Waals surface area contributed by atoms with Gasteiger partial charge in [-0.05, 0) is 103 Å². The summed E-state index contributed by atoms with van der Waals surface area (Å²) in [5, 5.41) is 2.53. The summed E-state index contributed by atoms with van der Waals surface area (Å²) < 4.78 is 1.26. The molecule has 0 saturated heterocycles. The fourth-order valence-electron chi connectivity index (χ4n) is 3.80. The fourth-order valence-corrected chi connectivity index (χ4v) is 5.28. The first-order chi connectivity index (χ1) is 15.2. The van der Waals surface area contributed by atoms with Gasteiger partial charge in [0, 0.05) is 29.7 Å². The molecule has 3 heteroatoms. The summed E-state index contributed by atoms with van der Waals surface area (Å²) in [5.74, 6) is 0. The van der Waals surface area contributed by atoms with Crippen LogP contribution in [0.1, 0.15) is 0 Å². The highest BCUT2D eigenvalue weighted by Crippen LogP contribution is 2.32. The monoisotopic (exact) mass is 640 g/mol. The van der Waals surface area contributed by atoms with Crippen LogP contribution in [0, 0.1) is 3.57 Å². The lowest BCUT2D eigenvalue weighted by atomic mass is 9.96. The Labute approximate surface area is 212 Å². The van der Waals surface area contributed by atoms with E-state index >= 15 is 0 Å². The van der Waals surface area contributed by atoms with Crippen LogP contribution in [0.5, 0.6) is 0 Å². The van der Waals surface area contributed by atoms with Gasteiger partial charge in [-0.1, -0.05) is 81.7 Å². The maximum atomic E-state index is 2.34. The summed E-state index contributed by atoms with van der Waals surface area (Å²) in [5.41, 5.74) is 7.50. The van der Waals surface area contributed by atoms with Crippen molar-refractivity contribution in [1.29, 1.82) is 0 Å². The van der Waals surface area contributed by atoms with Crippen molar-refractivity contribution < 1.29 is 0 Å². The smallest absolute Gasteiger partial charge is 0.0179 e. The maximum absolute atomic E-state index is 2.34. The van der Waals surface area contributed by atoms with Crippen molar-refractivity contribution >= 4 is 63.5 Å². The minimum absolute atomic E-state index is 1.24. The van der Waals surface area contributed by atoms with Gasteiger partial charge < -0.3 is 0 Å². The highest BCUT2D eigenvalue weighted by molar-refractivity contribution is 14.2. The number of benzene rings is 5. The van der Waals surface area contributed by atoms with Gasteiger partial charge in [0.1, 0.15) is 0 Å². The molecule has 0 aliphatic heterocycles. The quantitative estimate of drug-likeness (QED) is 0.176. The third-order valence-corrected chi connectivity index (χ3v) is 8.21. The Morgan fingerprint density at radius 1 is 0.419 bits per heavy atom. The summed E-state index contributed by atoms with van der Waals surface area (Å²) in [6, 6.07) is 39.8. The Morgan fingerprint density at radius 3 is 1.23 bits per heavy atom. The number of rotatable bonds is 4. The highest BCUT2D eigenvalue weighted by atomic mass is 127. The van der Waals surface area contributed by atoms with E-state index < -0.39 is 0 Å². The predicted octanol–water partition coefficient (Wildman–Crippen LogP) is 9.89. The molecule has 150 valence electrons. The lowest BCUT2D eigenvalue weighted by molar-refractivity contribution is 1.47. The first-order valence-electron chi connectivity index (χ1n) is 9.99. The second-order valence-corrected chi connectivity index (χ2v) is 10.7. The highest BCUT2D eigenvalue weighted by Gasteiger charge is 2.04. The molecule has 0 aliphatic rings. The molecule has 0 spiro atoms. The molecule has 0 atom stereocenters. The molecule has 0 unspecified atom stereocenters. The Hall–Kier alpha value is -1.83. The normalized spacial score (nSPS) is 11.0. The number of fused-ring (bicyclic) bond motifs is 1. The van der Waals surface area contributed by atoms with Crippen LogP contribution in [-0.2, 0) is 0 Å². The largest absolute Gasteiger partial charge is 0.0538 e. The summed E-state index contributed by atoms with van der Waals surface area (Å²) >= 11 is 4.66. The van der Waals surface area contributed by atoms with E-state index in [0.29, 0.717) is 0 Å². The van der Waals surface area contributed by atoms with Crippen molar-refractivity contribution in [3.63, 3.8) is 0 Å². The number of halogens is 2. The van der Waals surface area contributed by atoms with Gasteiger partial charge in [0.2, 0.25) is 0 Å². The summed E-state index contributed by atoms with van der Waals surface area (Å²) in [4.78, 5) is 1.28. The van der Waals surface area contributed by atoms with E-state index in [1.807, 2.05) is 0 Å². The van der Waals surface area contributed by atoms with Crippen molar-refractivity contribution in [2.45, 2.75) is 4.90 Å². The van der Waals surface area contributed by atoms with E-state index in [9.17, 15) is 0 Å². The Morgan fingerprint density at radius 2 is 0.774 bits per heavy atom. The van der Waals surface area contributed by atoms with Gasteiger partial charge in [0.25, 0.3) is 0 Å². The first kappa shape index (κ1) is 21.0. The van der Waals surface area contributed by atoms with Crippen LogP contribution in [0.4, 0.5) is 0 Å².